The summed E-state index contributed by atoms with van der Waals surface area (Å²) in [4.78, 5) is 22.1. The van der Waals surface area contributed by atoms with Crippen molar-refractivity contribution in [1.82, 2.24) is 0 Å². The summed E-state index contributed by atoms with van der Waals surface area (Å²) in [6, 6.07) is 4.91. The molecule has 0 aliphatic carbocycles. The molecule has 0 aromatic heterocycles. The maximum Gasteiger partial charge on any atom is 0.311 e. The molecule has 0 atom stereocenters. The number of carbonyl (C=O) groups excluding carboxylic acids is 2. The monoisotopic (exact) mass is 263 g/mol. The van der Waals surface area contributed by atoms with E-state index in [9.17, 15) is 9.59 Å². The maximum atomic E-state index is 11.5. The van der Waals surface area contributed by atoms with Gasteiger partial charge in [0.15, 0.2) is 0 Å². The van der Waals surface area contributed by atoms with Crippen LogP contribution < -0.4 is 16.2 Å². The van der Waals surface area contributed by atoms with Crippen molar-refractivity contribution in [2.75, 3.05) is 0 Å². The Bertz CT molecular complexity index is 512. The number of primary amides is 1. The first-order valence-electron chi connectivity index (χ1n) is 5.90. The first kappa shape index (κ1) is 14.7. The van der Waals surface area contributed by atoms with Gasteiger partial charge < -0.3 is 16.2 Å². The van der Waals surface area contributed by atoms with Gasteiger partial charge in [-0.3, -0.25) is 15.0 Å². The number of nitrogens with one attached hydrogen (secondary N) is 1. The lowest BCUT2D eigenvalue weighted by molar-refractivity contribution is -0.136. The van der Waals surface area contributed by atoms with Gasteiger partial charge in [0.05, 0.1) is 6.42 Å². The van der Waals surface area contributed by atoms with Gasteiger partial charge in [-0.2, -0.15) is 0 Å². The highest BCUT2D eigenvalue weighted by Crippen LogP contribution is 2.21. The van der Waals surface area contributed by atoms with Gasteiger partial charge in [0.25, 0.3) is 0 Å². The zero-order chi connectivity index (χ0) is 14.4. The third kappa shape index (κ3) is 4.42. The average molecular weight is 263 g/mol. The van der Waals surface area contributed by atoms with Crippen LogP contribution in [0, 0.1) is 5.41 Å². The van der Waals surface area contributed by atoms with Crippen molar-refractivity contribution >= 4 is 17.7 Å². The normalized spacial score (nSPS) is 9.95. The topological polar surface area (TPSA) is 119 Å². The van der Waals surface area contributed by atoms with Crippen LogP contribution in [-0.4, -0.2) is 17.7 Å². The van der Waals surface area contributed by atoms with Crippen LogP contribution in [0.5, 0.6) is 5.75 Å². The van der Waals surface area contributed by atoms with Crippen LogP contribution in [0.25, 0.3) is 0 Å². The van der Waals surface area contributed by atoms with Crippen molar-refractivity contribution in [1.29, 1.82) is 5.41 Å². The summed E-state index contributed by atoms with van der Waals surface area (Å²) in [5.41, 5.74) is 11.7. The Hall–Kier alpha value is -2.37. The molecule has 0 spiro atoms. The number of nitrogens with two attached hydrogens (primary N) is 2. The van der Waals surface area contributed by atoms with Crippen LogP contribution in [0.15, 0.2) is 18.2 Å². The van der Waals surface area contributed by atoms with Gasteiger partial charge in [0.1, 0.15) is 11.6 Å². The van der Waals surface area contributed by atoms with Crippen molar-refractivity contribution in [3.05, 3.63) is 29.3 Å². The van der Waals surface area contributed by atoms with Gasteiger partial charge in [0, 0.05) is 12.0 Å². The second kappa shape index (κ2) is 6.53. The molecule has 19 heavy (non-hydrogen) atoms. The molecular weight excluding hydrogens is 246 g/mol. The number of amides is 1. The minimum atomic E-state index is -0.542. The number of rotatable bonds is 6. The molecule has 1 aromatic carbocycles. The van der Waals surface area contributed by atoms with Gasteiger partial charge in [0.2, 0.25) is 5.91 Å². The predicted octanol–water partition coefficient (Wildman–Crippen LogP) is 0.704. The van der Waals surface area contributed by atoms with Crippen molar-refractivity contribution in [3.8, 4) is 5.75 Å². The molecular formula is C13H17N3O3. The number of nitrogen functional groups attached to an aromatic ring is 1. The molecule has 6 heteroatoms. The Morgan fingerprint density at radius 3 is 2.47 bits per heavy atom. The van der Waals surface area contributed by atoms with E-state index >= 15 is 0 Å². The highest BCUT2D eigenvalue weighted by atomic mass is 16.5. The van der Waals surface area contributed by atoms with Crippen LogP contribution in [0.3, 0.4) is 0 Å². The van der Waals surface area contributed by atoms with Gasteiger partial charge in [-0.05, 0) is 30.2 Å². The first-order chi connectivity index (χ1) is 8.93. The van der Waals surface area contributed by atoms with Crippen LogP contribution >= 0.6 is 0 Å². The van der Waals surface area contributed by atoms with E-state index < -0.39 is 11.9 Å². The lowest BCUT2D eigenvalue weighted by Gasteiger charge is -2.10. The summed E-state index contributed by atoms with van der Waals surface area (Å²) in [5.74, 6) is -0.674. The first-order valence-corrected chi connectivity index (χ1v) is 5.90. The molecule has 0 heterocycles. The van der Waals surface area contributed by atoms with E-state index in [0.29, 0.717) is 17.7 Å². The van der Waals surface area contributed by atoms with E-state index in [0.717, 1.165) is 5.56 Å². The minimum absolute atomic E-state index is 0.0359. The van der Waals surface area contributed by atoms with E-state index in [-0.39, 0.29) is 18.7 Å². The number of hydrogen-bond acceptors (Lipinski definition) is 4. The number of esters is 1. The third-order valence-corrected chi connectivity index (χ3v) is 2.55. The van der Waals surface area contributed by atoms with Crippen molar-refractivity contribution < 1.29 is 14.3 Å². The van der Waals surface area contributed by atoms with Gasteiger partial charge in [-0.25, -0.2) is 0 Å². The Morgan fingerprint density at radius 2 is 1.95 bits per heavy atom. The smallest absolute Gasteiger partial charge is 0.311 e. The van der Waals surface area contributed by atoms with E-state index in [4.69, 9.17) is 21.6 Å². The summed E-state index contributed by atoms with van der Waals surface area (Å²) in [6.45, 7) is 1.90. The number of ether oxygens (including phenoxy) is 1. The number of hydrogen-bond donors (Lipinski definition) is 3. The molecule has 0 fully saturated rings. The van der Waals surface area contributed by atoms with E-state index in [1.165, 1.54) is 0 Å². The average Bonchev–Trinajstić information content (AvgIpc) is 2.36. The molecule has 1 amide bonds. The second-order valence-electron chi connectivity index (χ2n) is 4.03. The van der Waals surface area contributed by atoms with Crippen LogP contribution in [0.2, 0.25) is 0 Å². The Balaban J connectivity index is 2.80. The molecule has 0 unspecified atom stereocenters. The minimum Gasteiger partial charge on any atom is -0.426 e. The number of carbonyl (C=O) groups is 2. The molecule has 0 radical (unpaired) electrons. The highest BCUT2D eigenvalue weighted by Gasteiger charge is 2.11. The van der Waals surface area contributed by atoms with Gasteiger partial charge in [-0.1, -0.05) is 6.92 Å². The SMILES string of the molecule is CCc1cc(C(=N)N)ccc1OC(=O)CCC(N)=O. The molecule has 1 rings (SSSR count). The molecule has 0 saturated carbocycles. The molecule has 0 aliphatic heterocycles. The quantitative estimate of drug-likeness (QED) is 0.303. The van der Waals surface area contributed by atoms with Gasteiger partial charge in [-0.15, -0.1) is 0 Å². The molecule has 0 aliphatic rings. The van der Waals surface area contributed by atoms with Crippen LogP contribution in [-0.2, 0) is 16.0 Å². The standard InChI is InChI=1S/C13H17N3O3/c1-2-8-7-9(13(15)16)3-4-10(8)19-12(18)6-5-11(14)17/h3-4,7H,2,5-6H2,1H3,(H2,14,17)(H3,15,16). The molecule has 5 N–H and O–H groups in total. The molecule has 0 saturated heterocycles. The largest absolute Gasteiger partial charge is 0.426 e. The van der Waals surface area contributed by atoms with E-state index in [1.54, 1.807) is 18.2 Å². The fraction of sp³-hybridized carbons (Fsp3) is 0.308. The summed E-state index contributed by atoms with van der Waals surface area (Å²) in [7, 11) is 0. The van der Waals surface area contributed by atoms with E-state index in [1.807, 2.05) is 6.92 Å². The highest BCUT2D eigenvalue weighted by molar-refractivity contribution is 5.95. The second-order valence-corrected chi connectivity index (χ2v) is 4.03. The predicted molar refractivity (Wildman–Crippen MR) is 70.9 cm³/mol. The molecule has 0 bridgehead atoms. The zero-order valence-corrected chi connectivity index (χ0v) is 10.7. The number of aryl methyl sites for hydroxylation is 1. The van der Waals surface area contributed by atoms with Gasteiger partial charge >= 0.3 is 5.97 Å². The fourth-order valence-electron chi connectivity index (χ4n) is 1.52. The molecule has 102 valence electrons. The van der Waals surface area contributed by atoms with Crippen LogP contribution in [0.1, 0.15) is 30.9 Å². The van der Waals surface area contributed by atoms with Crippen LogP contribution in [0.4, 0.5) is 0 Å². The summed E-state index contributed by atoms with van der Waals surface area (Å²) in [5, 5.41) is 7.35. The lowest BCUT2D eigenvalue weighted by Crippen LogP contribution is -2.16. The summed E-state index contributed by atoms with van der Waals surface area (Å²) >= 11 is 0. The van der Waals surface area contributed by atoms with Crippen molar-refractivity contribution in [2.24, 2.45) is 11.5 Å². The Labute approximate surface area is 111 Å². The third-order valence-electron chi connectivity index (χ3n) is 2.55. The zero-order valence-electron chi connectivity index (χ0n) is 10.7. The van der Waals surface area contributed by atoms with E-state index in [2.05, 4.69) is 0 Å². The van der Waals surface area contributed by atoms with Crippen molar-refractivity contribution in [2.45, 2.75) is 26.2 Å². The molecule has 6 nitrogen and oxygen atoms in total. The summed E-state index contributed by atoms with van der Waals surface area (Å²) < 4.78 is 5.16. The lowest BCUT2D eigenvalue weighted by atomic mass is 10.1. The Morgan fingerprint density at radius 1 is 1.26 bits per heavy atom. The van der Waals surface area contributed by atoms with Crippen molar-refractivity contribution in [3.63, 3.8) is 0 Å². The number of amidine groups is 1. The summed E-state index contributed by atoms with van der Waals surface area (Å²) in [6.07, 6.45) is 0.554. The fourth-order valence-corrected chi connectivity index (χ4v) is 1.52. The maximum absolute atomic E-state index is 11.5. The number of benzene rings is 1. The Kier molecular flexibility index (Phi) is 5.05. The molecule has 1 aromatic rings.